The lowest BCUT2D eigenvalue weighted by Crippen LogP contribution is -2.10. The van der Waals surface area contributed by atoms with Crippen molar-refractivity contribution in [3.05, 3.63) is 53.1 Å². The van der Waals surface area contributed by atoms with Crippen LogP contribution >= 0.6 is 11.6 Å². The Morgan fingerprint density at radius 2 is 1.79 bits per heavy atom. The standard InChI is InChI=1S/C25H27ClN4O3/c1-3-4-5-6-9-14-33-25(31)21-22-24(29-19-11-8-7-10-18(19)28-22)30(23(21)27)16-12-13-20(32-2)17(26)15-16/h7-8,10-13,15H,3-6,9,14,27H2,1-2H3. The second-order valence-electron chi connectivity index (χ2n) is 7.85. The molecular formula is C25H27ClN4O3. The molecule has 0 amide bonds. The maximum absolute atomic E-state index is 13.1. The molecule has 2 aromatic heterocycles. The minimum Gasteiger partial charge on any atom is -0.495 e. The number of benzene rings is 2. The lowest BCUT2D eigenvalue weighted by atomic mass is 10.2. The molecule has 0 aliphatic heterocycles. The van der Waals surface area contributed by atoms with Gasteiger partial charge >= 0.3 is 5.97 Å². The molecule has 0 unspecified atom stereocenters. The number of rotatable bonds is 9. The van der Waals surface area contributed by atoms with E-state index in [1.54, 1.807) is 29.9 Å². The second kappa shape index (κ2) is 10.1. The first kappa shape index (κ1) is 22.9. The molecule has 8 heteroatoms. The highest BCUT2D eigenvalue weighted by molar-refractivity contribution is 6.32. The fourth-order valence-electron chi connectivity index (χ4n) is 3.86. The molecule has 0 aliphatic carbocycles. The van der Waals surface area contributed by atoms with Gasteiger partial charge in [-0.2, -0.15) is 0 Å². The largest absolute Gasteiger partial charge is 0.495 e. The minimum atomic E-state index is -0.504. The van der Waals surface area contributed by atoms with E-state index in [9.17, 15) is 4.79 Å². The number of nitrogens with zero attached hydrogens (tertiary/aromatic N) is 3. The third kappa shape index (κ3) is 4.59. The van der Waals surface area contributed by atoms with Gasteiger partial charge in [0.15, 0.2) is 5.65 Å². The predicted molar refractivity (Wildman–Crippen MR) is 131 cm³/mol. The van der Waals surface area contributed by atoms with E-state index in [4.69, 9.17) is 36.8 Å². The van der Waals surface area contributed by atoms with Gasteiger partial charge in [0.05, 0.1) is 35.5 Å². The average Bonchev–Trinajstić information content (AvgIpc) is 3.10. The highest BCUT2D eigenvalue weighted by atomic mass is 35.5. The molecule has 0 bridgehead atoms. The number of hydrogen-bond acceptors (Lipinski definition) is 6. The van der Waals surface area contributed by atoms with Crippen LogP contribution in [0.1, 0.15) is 49.4 Å². The van der Waals surface area contributed by atoms with E-state index in [1.807, 2.05) is 24.3 Å². The van der Waals surface area contributed by atoms with Crippen molar-refractivity contribution in [1.82, 2.24) is 14.5 Å². The fraction of sp³-hybridized carbons (Fsp3) is 0.320. The van der Waals surface area contributed by atoms with Gasteiger partial charge in [-0.15, -0.1) is 0 Å². The number of esters is 1. The summed E-state index contributed by atoms with van der Waals surface area (Å²) in [6, 6.07) is 12.7. The topological polar surface area (TPSA) is 92.3 Å². The summed E-state index contributed by atoms with van der Waals surface area (Å²) in [6.07, 6.45) is 5.31. The number of methoxy groups -OCH3 is 1. The zero-order chi connectivity index (χ0) is 23.4. The van der Waals surface area contributed by atoms with Gasteiger partial charge < -0.3 is 15.2 Å². The number of unbranched alkanes of at least 4 members (excludes halogenated alkanes) is 4. The summed E-state index contributed by atoms with van der Waals surface area (Å²) in [5, 5.41) is 0.418. The SMILES string of the molecule is CCCCCCCOC(=O)c1c(N)n(-c2ccc(OC)c(Cl)c2)c2nc3ccccc3nc12. The van der Waals surface area contributed by atoms with Crippen molar-refractivity contribution in [3.8, 4) is 11.4 Å². The Balaban J connectivity index is 1.78. The first-order valence-electron chi connectivity index (χ1n) is 11.1. The predicted octanol–water partition coefficient (Wildman–Crippen LogP) is 5.95. The zero-order valence-corrected chi connectivity index (χ0v) is 19.6. The van der Waals surface area contributed by atoms with Gasteiger partial charge in [0.2, 0.25) is 0 Å². The Bertz CT molecular complexity index is 1300. The number of halogens is 1. The fourth-order valence-corrected chi connectivity index (χ4v) is 4.11. The van der Waals surface area contributed by atoms with Crippen molar-refractivity contribution in [2.75, 3.05) is 19.5 Å². The number of aromatic nitrogens is 3. The molecule has 33 heavy (non-hydrogen) atoms. The number of ether oxygens (including phenoxy) is 2. The number of carbonyl (C=O) groups excluding carboxylic acids is 1. The number of nitrogen functional groups attached to an aromatic ring is 1. The van der Waals surface area contributed by atoms with Crippen LogP contribution in [0, 0.1) is 0 Å². The molecule has 172 valence electrons. The van der Waals surface area contributed by atoms with Crippen LogP contribution in [0.3, 0.4) is 0 Å². The molecule has 0 saturated heterocycles. The summed E-state index contributed by atoms with van der Waals surface area (Å²) in [4.78, 5) is 22.6. The van der Waals surface area contributed by atoms with Crippen LogP contribution in [0.4, 0.5) is 5.82 Å². The Hall–Kier alpha value is -3.32. The molecule has 4 rings (SSSR count). The first-order valence-corrected chi connectivity index (χ1v) is 11.5. The number of carbonyl (C=O) groups is 1. The van der Waals surface area contributed by atoms with Crippen molar-refractivity contribution in [3.63, 3.8) is 0 Å². The summed E-state index contributed by atoms with van der Waals surface area (Å²) >= 11 is 6.36. The van der Waals surface area contributed by atoms with Gasteiger partial charge in [-0.25, -0.2) is 14.8 Å². The molecule has 2 aromatic carbocycles. The van der Waals surface area contributed by atoms with E-state index in [1.165, 1.54) is 6.42 Å². The quantitative estimate of drug-likeness (QED) is 0.242. The van der Waals surface area contributed by atoms with Gasteiger partial charge in [-0.1, -0.05) is 56.3 Å². The second-order valence-corrected chi connectivity index (χ2v) is 8.26. The molecule has 2 heterocycles. The maximum Gasteiger partial charge on any atom is 0.344 e. The van der Waals surface area contributed by atoms with Crippen LogP contribution in [0.2, 0.25) is 5.02 Å². The summed E-state index contributed by atoms with van der Waals surface area (Å²) in [5.74, 6) is 0.239. The smallest absolute Gasteiger partial charge is 0.344 e. The molecular weight excluding hydrogens is 440 g/mol. The number of anilines is 1. The van der Waals surface area contributed by atoms with Crippen LogP contribution in [0.25, 0.3) is 27.9 Å². The lowest BCUT2D eigenvalue weighted by molar-refractivity contribution is 0.0501. The van der Waals surface area contributed by atoms with Gasteiger partial charge in [0.1, 0.15) is 22.6 Å². The van der Waals surface area contributed by atoms with Gasteiger partial charge in [0, 0.05) is 0 Å². The summed E-state index contributed by atoms with van der Waals surface area (Å²) < 4.78 is 12.5. The van der Waals surface area contributed by atoms with Crippen LogP contribution in [0.5, 0.6) is 5.75 Å². The Kier molecular flexibility index (Phi) is 6.99. The van der Waals surface area contributed by atoms with E-state index < -0.39 is 5.97 Å². The van der Waals surface area contributed by atoms with E-state index in [2.05, 4.69) is 6.92 Å². The summed E-state index contributed by atoms with van der Waals surface area (Å²) in [7, 11) is 1.55. The first-order chi connectivity index (χ1) is 16.0. The molecule has 2 N–H and O–H groups in total. The summed E-state index contributed by atoms with van der Waals surface area (Å²) in [5.41, 5.74) is 9.59. The van der Waals surface area contributed by atoms with Crippen LogP contribution in [-0.4, -0.2) is 34.2 Å². The molecule has 0 saturated carbocycles. The third-order valence-corrected chi connectivity index (χ3v) is 5.87. The monoisotopic (exact) mass is 466 g/mol. The van der Waals surface area contributed by atoms with E-state index in [0.29, 0.717) is 45.3 Å². The molecule has 0 aliphatic rings. The minimum absolute atomic E-state index is 0.206. The molecule has 0 spiro atoms. The van der Waals surface area contributed by atoms with Crippen molar-refractivity contribution in [2.45, 2.75) is 39.0 Å². The number of para-hydroxylation sites is 2. The van der Waals surface area contributed by atoms with Crippen LogP contribution in [0.15, 0.2) is 42.5 Å². The number of fused-ring (bicyclic) bond motifs is 2. The van der Waals surface area contributed by atoms with Gasteiger partial charge in [0.25, 0.3) is 0 Å². The average molecular weight is 467 g/mol. The highest BCUT2D eigenvalue weighted by Gasteiger charge is 2.26. The number of nitrogens with two attached hydrogens (primary N) is 1. The highest BCUT2D eigenvalue weighted by Crippen LogP contribution is 2.34. The zero-order valence-electron chi connectivity index (χ0n) is 18.8. The Morgan fingerprint density at radius 3 is 2.48 bits per heavy atom. The van der Waals surface area contributed by atoms with Gasteiger partial charge in [-0.3, -0.25) is 4.57 Å². The maximum atomic E-state index is 13.1. The molecule has 0 radical (unpaired) electrons. The van der Waals surface area contributed by atoms with E-state index in [-0.39, 0.29) is 11.4 Å². The van der Waals surface area contributed by atoms with Crippen LogP contribution in [-0.2, 0) is 4.74 Å². The molecule has 0 fully saturated rings. The van der Waals surface area contributed by atoms with E-state index in [0.717, 1.165) is 25.7 Å². The lowest BCUT2D eigenvalue weighted by Gasteiger charge is -2.10. The van der Waals surface area contributed by atoms with Crippen LogP contribution < -0.4 is 10.5 Å². The van der Waals surface area contributed by atoms with Crippen molar-refractivity contribution in [1.29, 1.82) is 0 Å². The molecule has 4 aromatic rings. The Morgan fingerprint density at radius 1 is 1.06 bits per heavy atom. The van der Waals surface area contributed by atoms with Gasteiger partial charge in [-0.05, 0) is 36.8 Å². The molecule has 7 nitrogen and oxygen atoms in total. The number of hydrogen-bond donors (Lipinski definition) is 1. The summed E-state index contributed by atoms with van der Waals surface area (Å²) in [6.45, 7) is 2.50. The van der Waals surface area contributed by atoms with Crippen molar-refractivity contribution < 1.29 is 14.3 Å². The third-order valence-electron chi connectivity index (χ3n) is 5.58. The molecule has 0 atom stereocenters. The van der Waals surface area contributed by atoms with E-state index >= 15 is 0 Å². The van der Waals surface area contributed by atoms with Crippen molar-refractivity contribution in [2.24, 2.45) is 0 Å². The normalized spacial score (nSPS) is 11.2. The van der Waals surface area contributed by atoms with Crippen molar-refractivity contribution >= 4 is 45.6 Å². The Labute approximate surface area is 197 Å².